The van der Waals surface area contributed by atoms with Gasteiger partial charge in [0.2, 0.25) is 0 Å². The maximum Gasteiger partial charge on any atom is 0.137 e. The lowest BCUT2D eigenvalue weighted by molar-refractivity contribution is 0.105. The van der Waals surface area contributed by atoms with Gasteiger partial charge in [0.05, 0.1) is 0 Å². The molecule has 2 aromatic rings. The van der Waals surface area contributed by atoms with E-state index in [1.165, 1.54) is 4.85 Å². The van der Waals surface area contributed by atoms with Gasteiger partial charge in [0.25, 0.3) is 0 Å². The van der Waals surface area contributed by atoms with Crippen LogP contribution in [-0.4, -0.2) is 21.8 Å². The summed E-state index contributed by atoms with van der Waals surface area (Å²) >= 11 is 0. The molecular formula is C10H11N3O. The first kappa shape index (κ1) is 8.74. The topological polar surface area (TPSA) is 39.9 Å². The van der Waals surface area contributed by atoms with Gasteiger partial charge in [-0.05, 0) is 29.8 Å². The monoisotopic (exact) mass is 189 g/mol. The Labute approximate surface area is 81.7 Å². The van der Waals surface area contributed by atoms with Crippen molar-refractivity contribution in [2.75, 3.05) is 6.61 Å². The van der Waals surface area contributed by atoms with E-state index in [1.54, 1.807) is 0 Å². The molecule has 1 aromatic heterocycles. The summed E-state index contributed by atoms with van der Waals surface area (Å²) in [4.78, 5) is 6.78. The van der Waals surface area contributed by atoms with Crippen LogP contribution in [0.25, 0.3) is 11.0 Å². The fraction of sp³-hybridized carbons (Fsp3) is 0.200. The van der Waals surface area contributed by atoms with Crippen molar-refractivity contribution in [3.8, 4) is 0 Å². The Morgan fingerprint density at radius 2 is 2.29 bits per heavy atom. The van der Waals surface area contributed by atoms with E-state index in [1.807, 2.05) is 31.2 Å². The van der Waals surface area contributed by atoms with Gasteiger partial charge in [-0.15, -0.1) is 5.10 Å². The van der Waals surface area contributed by atoms with Crippen LogP contribution in [-0.2, 0) is 0 Å². The molecule has 0 spiro atoms. The number of hydrogen-bond acceptors (Lipinski definition) is 3. The van der Waals surface area contributed by atoms with Crippen LogP contribution in [0.2, 0.25) is 0 Å². The summed E-state index contributed by atoms with van der Waals surface area (Å²) in [6.07, 6.45) is 0. The lowest BCUT2D eigenvalue weighted by Gasteiger charge is -2.03. The van der Waals surface area contributed by atoms with E-state index in [2.05, 4.69) is 16.9 Å². The van der Waals surface area contributed by atoms with E-state index in [0.717, 1.165) is 16.6 Å². The van der Waals surface area contributed by atoms with Gasteiger partial charge in [-0.1, -0.05) is 23.6 Å². The predicted molar refractivity (Wildman–Crippen MR) is 53.8 cm³/mol. The summed E-state index contributed by atoms with van der Waals surface area (Å²) in [7, 11) is 0. The van der Waals surface area contributed by atoms with Crippen LogP contribution in [0, 0.1) is 0 Å². The lowest BCUT2D eigenvalue weighted by Crippen LogP contribution is -2.14. The van der Waals surface area contributed by atoms with E-state index in [9.17, 15) is 0 Å². The van der Waals surface area contributed by atoms with Gasteiger partial charge in [-0.2, -0.15) is 0 Å². The van der Waals surface area contributed by atoms with Gasteiger partial charge in [-0.25, -0.2) is 0 Å². The van der Waals surface area contributed by atoms with Crippen LogP contribution in [0.4, 0.5) is 0 Å². The summed E-state index contributed by atoms with van der Waals surface area (Å²) in [6, 6.07) is 7.64. The van der Waals surface area contributed by atoms with Crippen molar-refractivity contribution in [3.05, 3.63) is 36.4 Å². The Kier molecular flexibility index (Phi) is 2.18. The summed E-state index contributed by atoms with van der Waals surface area (Å²) in [5.74, 6) is 0. The van der Waals surface area contributed by atoms with Crippen LogP contribution in [0.5, 0.6) is 0 Å². The Morgan fingerprint density at radius 1 is 1.50 bits per heavy atom. The number of benzene rings is 1. The predicted octanol–water partition coefficient (Wildman–Crippen LogP) is 1.44. The molecule has 0 aliphatic carbocycles. The molecule has 72 valence electrons. The summed E-state index contributed by atoms with van der Waals surface area (Å²) in [6.45, 7) is 6.10. The van der Waals surface area contributed by atoms with Crippen LogP contribution in [0.1, 0.15) is 6.92 Å². The van der Waals surface area contributed by atoms with Gasteiger partial charge < -0.3 is 4.84 Å². The normalized spacial score (nSPS) is 10.4. The Balaban J connectivity index is 2.29. The third-order valence-electron chi connectivity index (χ3n) is 1.75. The zero-order chi connectivity index (χ0) is 9.97. The highest BCUT2D eigenvalue weighted by molar-refractivity contribution is 5.73. The minimum Gasteiger partial charge on any atom is -0.390 e. The van der Waals surface area contributed by atoms with E-state index in [0.29, 0.717) is 6.61 Å². The van der Waals surface area contributed by atoms with Crippen molar-refractivity contribution in [1.29, 1.82) is 0 Å². The molecule has 14 heavy (non-hydrogen) atoms. The molecule has 0 atom stereocenters. The fourth-order valence-electron chi connectivity index (χ4n) is 1.11. The number of fused-ring (bicyclic) bond motifs is 1. The smallest absolute Gasteiger partial charge is 0.137 e. The average molecular weight is 189 g/mol. The molecule has 1 aromatic carbocycles. The number of rotatable bonds is 3. The van der Waals surface area contributed by atoms with Gasteiger partial charge in [0.15, 0.2) is 0 Å². The van der Waals surface area contributed by atoms with E-state index < -0.39 is 0 Å². The van der Waals surface area contributed by atoms with E-state index in [-0.39, 0.29) is 0 Å². The van der Waals surface area contributed by atoms with Crippen molar-refractivity contribution in [1.82, 2.24) is 15.2 Å². The number of para-hydroxylation sites is 1. The van der Waals surface area contributed by atoms with Crippen molar-refractivity contribution in [2.24, 2.45) is 0 Å². The number of aromatic nitrogens is 3. The highest BCUT2D eigenvalue weighted by Gasteiger charge is 2.02. The molecule has 0 N–H and O–H groups in total. The molecular weight excluding hydrogens is 178 g/mol. The van der Waals surface area contributed by atoms with Crippen LogP contribution >= 0.6 is 0 Å². The zero-order valence-electron chi connectivity index (χ0n) is 7.97. The second kappa shape index (κ2) is 3.49. The molecule has 1 heterocycles. The first-order chi connectivity index (χ1) is 6.77. The quantitative estimate of drug-likeness (QED) is 0.686. The highest BCUT2D eigenvalue weighted by atomic mass is 16.7. The van der Waals surface area contributed by atoms with E-state index >= 15 is 0 Å². The van der Waals surface area contributed by atoms with E-state index in [4.69, 9.17) is 4.84 Å². The van der Waals surface area contributed by atoms with Crippen LogP contribution in [0.15, 0.2) is 36.4 Å². The highest BCUT2D eigenvalue weighted by Crippen LogP contribution is 2.07. The Bertz CT molecular complexity index is 461. The fourth-order valence-corrected chi connectivity index (χ4v) is 1.11. The summed E-state index contributed by atoms with van der Waals surface area (Å²) in [5.41, 5.74) is 2.65. The van der Waals surface area contributed by atoms with Gasteiger partial charge in [0, 0.05) is 0 Å². The molecule has 0 bridgehead atoms. The lowest BCUT2D eigenvalue weighted by atomic mass is 10.3. The van der Waals surface area contributed by atoms with Crippen molar-refractivity contribution in [2.45, 2.75) is 6.92 Å². The second-order valence-corrected chi connectivity index (χ2v) is 3.18. The Hall–Kier alpha value is -1.84. The maximum atomic E-state index is 5.36. The standard InChI is InChI=1S/C10H11N3O/c1-8(2)7-14-13-10-6-4-3-5-9(10)11-12-13/h3-6H,1,7H2,2H3. The maximum absolute atomic E-state index is 5.36. The van der Waals surface area contributed by atoms with Crippen LogP contribution in [0.3, 0.4) is 0 Å². The molecule has 0 unspecified atom stereocenters. The molecule has 0 radical (unpaired) electrons. The zero-order valence-corrected chi connectivity index (χ0v) is 7.97. The Morgan fingerprint density at radius 3 is 3.07 bits per heavy atom. The van der Waals surface area contributed by atoms with Gasteiger partial charge in [0.1, 0.15) is 17.6 Å². The number of nitrogens with zero attached hydrogens (tertiary/aromatic N) is 3. The van der Waals surface area contributed by atoms with Crippen molar-refractivity contribution < 1.29 is 4.84 Å². The molecule has 4 heteroatoms. The molecule has 0 aliphatic rings. The van der Waals surface area contributed by atoms with Gasteiger partial charge >= 0.3 is 0 Å². The first-order valence-electron chi connectivity index (χ1n) is 4.35. The average Bonchev–Trinajstić information content (AvgIpc) is 2.58. The minimum absolute atomic E-state index is 0.452. The number of hydrogen-bond donors (Lipinski definition) is 0. The molecule has 0 amide bonds. The van der Waals surface area contributed by atoms with Crippen molar-refractivity contribution >= 4 is 11.0 Å². The molecule has 0 saturated heterocycles. The minimum atomic E-state index is 0.452. The van der Waals surface area contributed by atoms with Gasteiger partial charge in [-0.3, -0.25) is 0 Å². The molecule has 0 aliphatic heterocycles. The second-order valence-electron chi connectivity index (χ2n) is 3.18. The molecule has 4 nitrogen and oxygen atoms in total. The van der Waals surface area contributed by atoms with Crippen molar-refractivity contribution in [3.63, 3.8) is 0 Å². The third-order valence-corrected chi connectivity index (χ3v) is 1.75. The largest absolute Gasteiger partial charge is 0.390 e. The third kappa shape index (κ3) is 1.59. The molecule has 2 rings (SSSR count). The SMILES string of the molecule is C=C(C)COn1nnc2ccccc21. The molecule has 0 saturated carbocycles. The molecule has 0 fully saturated rings. The first-order valence-corrected chi connectivity index (χ1v) is 4.35. The van der Waals surface area contributed by atoms with Crippen LogP contribution < -0.4 is 4.84 Å². The summed E-state index contributed by atoms with van der Waals surface area (Å²) < 4.78 is 0. The summed E-state index contributed by atoms with van der Waals surface area (Å²) in [5, 5.41) is 7.83.